The van der Waals surface area contributed by atoms with Gasteiger partial charge in [-0.15, -0.1) is 0 Å². The van der Waals surface area contributed by atoms with Crippen molar-refractivity contribution in [3.05, 3.63) is 29.8 Å². The van der Waals surface area contributed by atoms with Crippen molar-refractivity contribution < 1.29 is 23.9 Å². The number of amides is 4. The fourth-order valence-corrected chi connectivity index (χ4v) is 2.59. The SMILES string of the molecule is NC(=O)[C@H](CS)NC(=O)[C@@H](N)CCCNC(=O)Oc1ccc(C[C@H](N)C(N)=O)cc1. The van der Waals surface area contributed by atoms with Crippen LogP contribution >= 0.6 is 12.6 Å². The van der Waals surface area contributed by atoms with Gasteiger partial charge in [-0.3, -0.25) is 14.4 Å². The maximum absolute atomic E-state index is 11.9. The zero-order valence-corrected chi connectivity index (χ0v) is 17.3. The summed E-state index contributed by atoms with van der Waals surface area (Å²) in [6.45, 7) is 0.233. The molecule has 0 aliphatic heterocycles. The molecular formula is C18H28N6O5S. The number of rotatable bonds is 12. The summed E-state index contributed by atoms with van der Waals surface area (Å²) in [6.07, 6.45) is 0.303. The number of nitrogens with one attached hydrogen (secondary N) is 2. The van der Waals surface area contributed by atoms with Crippen LogP contribution in [0.1, 0.15) is 18.4 Å². The van der Waals surface area contributed by atoms with E-state index in [1.165, 1.54) is 0 Å². The first kappa shape index (κ1) is 25.2. The minimum absolute atomic E-state index is 0.0696. The van der Waals surface area contributed by atoms with Crippen molar-refractivity contribution in [2.24, 2.45) is 22.9 Å². The Balaban J connectivity index is 2.32. The molecule has 11 nitrogen and oxygen atoms in total. The molecule has 1 aromatic rings. The van der Waals surface area contributed by atoms with Crippen LogP contribution in [0.25, 0.3) is 0 Å². The number of thiol groups is 1. The molecule has 0 aromatic heterocycles. The van der Waals surface area contributed by atoms with Crippen LogP contribution in [0, 0.1) is 0 Å². The van der Waals surface area contributed by atoms with Crippen molar-refractivity contribution in [2.75, 3.05) is 12.3 Å². The summed E-state index contributed by atoms with van der Waals surface area (Å²) in [4.78, 5) is 45.8. The highest BCUT2D eigenvalue weighted by atomic mass is 32.1. The molecule has 12 heteroatoms. The van der Waals surface area contributed by atoms with Gasteiger partial charge in [0.2, 0.25) is 17.7 Å². The first-order chi connectivity index (χ1) is 14.1. The van der Waals surface area contributed by atoms with E-state index in [-0.39, 0.29) is 25.1 Å². The first-order valence-electron chi connectivity index (χ1n) is 9.19. The molecule has 30 heavy (non-hydrogen) atoms. The molecule has 0 fully saturated rings. The van der Waals surface area contributed by atoms with Crippen molar-refractivity contribution in [3.8, 4) is 5.75 Å². The van der Waals surface area contributed by atoms with Crippen LogP contribution in [0.2, 0.25) is 0 Å². The quantitative estimate of drug-likeness (QED) is 0.145. The molecule has 0 aliphatic carbocycles. The average molecular weight is 441 g/mol. The molecular weight excluding hydrogens is 412 g/mol. The van der Waals surface area contributed by atoms with Crippen LogP contribution in [-0.2, 0) is 20.8 Å². The predicted octanol–water partition coefficient (Wildman–Crippen LogP) is -1.86. The van der Waals surface area contributed by atoms with Crippen LogP contribution < -0.4 is 38.3 Å². The van der Waals surface area contributed by atoms with E-state index >= 15 is 0 Å². The van der Waals surface area contributed by atoms with Gasteiger partial charge >= 0.3 is 6.09 Å². The lowest BCUT2D eigenvalue weighted by atomic mass is 10.1. The third-order valence-corrected chi connectivity index (χ3v) is 4.46. The van der Waals surface area contributed by atoms with E-state index in [1.54, 1.807) is 24.3 Å². The number of carbonyl (C=O) groups excluding carboxylic acids is 4. The summed E-state index contributed by atoms with van der Waals surface area (Å²) in [5, 5.41) is 4.95. The van der Waals surface area contributed by atoms with Crippen LogP contribution in [0.15, 0.2) is 24.3 Å². The zero-order valence-electron chi connectivity index (χ0n) is 16.4. The van der Waals surface area contributed by atoms with E-state index < -0.39 is 41.9 Å². The van der Waals surface area contributed by atoms with Gasteiger partial charge in [0.25, 0.3) is 0 Å². The largest absolute Gasteiger partial charge is 0.412 e. The van der Waals surface area contributed by atoms with Crippen LogP contribution in [0.3, 0.4) is 0 Å². The maximum Gasteiger partial charge on any atom is 0.412 e. The minimum atomic E-state index is -0.891. The second kappa shape index (κ2) is 12.7. The predicted molar refractivity (Wildman–Crippen MR) is 114 cm³/mol. The fourth-order valence-electron chi connectivity index (χ4n) is 2.32. The summed E-state index contributed by atoms with van der Waals surface area (Å²) in [5.74, 6) is -1.43. The van der Waals surface area contributed by atoms with E-state index in [4.69, 9.17) is 27.7 Å². The highest BCUT2D eigenvalue weighted by Crippen LogP contribution is 2.13. The number of carbonyl (C=O) groups is 4. The van der Waals surface area contributed by atoms with Gasteiger partial charge in [0, 0.05) is 12.3 Å². The molecule has 0 heterocycles. The summed E-state index contributed by atoms with van der Waals surface area (Å²) in [7, 11) is 0. The normalized spacial score (nSPS) is 13.6. The highest BCUT2D eigenvalue weighted by molar-refractivity contribution is 7.80. The molecule has 0 radical (unpaired) electrons. The number of primary amides is 2. The summed E-state index contributed by atoms with van der Waals surface area (Å²) in [6, 6.07) is 3.95. The molecule has 1 rings (SSSR count). The molecule has 0 unspecified atom stereocenters. The summed E-state index contributed by atoms with van der Waals surface area (Å²) >= 11 is 3.93. The zero-order chi connectivity index (χ0) is 22.7. The van der Waals surface area contributed by atoms with Crippen LogP contribution in [-0.4, -0.2) is 54.2 Å². The van der Waals surface area contributed by atoms with Crippen molar-refractivity contribution >= 4 is 36.4 Å². The van der Waals surface area contributed by atoms with Gasteiger partial charge < -0.3 is 38.3 Å². The summed E-state index contributed by atoms with van der Waals surface area (Å²) in [5.41, 5.74) is 22.4. The Bertz CT molecular complexity index is 745. The maximum atomic E-state index is 11.9. The van der Waals surface area contributed by atoms with Gasteiger partial charge in [0.1, 0.15) is 11.8 Å². The molecule has 0 spiro atoms. The Morgan fingerprint density at radius 1 is 1.00 bits per heavy atom. The number of nitrogens with two attached hydrogens (primary N) is 4. The Kier molecular flexibility index (Phi) is 10.6. The van der Waals surface area contributed by atoms with E-state index in [0.717, 1.165) is 5.56 Å². The smallest absolute Gasteiger partial charge is 0.410 e. The van der Waals surface area contributed by atoms with E-state index in [2.05, 4.69) is 23.3 Å². The van der Waals surface area contributed by atoms with Crippen molar-refractivity contribution in [1.82, 2.24) is 10.6 Å². The Morgan fingerprint density at radius 2 is 1.63 bits per heavy atom. The first-order valence-corrected chi connectivity index (χ1v) is 9.83. The van der Waals surface area contributed by atoms with Gasteiger partial charge in [-0.2, -0.15) is 12.6 Å². The van der Waals surface area contributed by atoms with E-state index in [9.17, 15) is 19.2 Å². The van der Waals surface area contributed by atoms with E-state index in [1.807, 2.05) is 0 Å². The molecule has 0 saturated carbocycles. The molecule has 0 aliphatic rings. The molecule has 0 saturated heterocycles. The van der Waals surface area contributed by atoms with Gasteiger partial charge in [-0.05, 0) is 37.0 Å². The van der Waals surface area contributed by atoms with E-state index in [0.29, 0.717) is 12.2 Å². The van der Waals surface area contributed by atoms with Gasteiger partial charge in [-0.25, -0.2) is 4.79 Å². The number of ether oxygens (including phenoxy) is 1. The Labute approximate surface area is 179 Å². The Morgan fingerprint density at radius 3 is 2.17 bits per heavy atom. The second-order valence-electron chi connectivity index (χ2n) is 6.57. The third kappa shape index (κ3) is 9.11. The number of hydrogen-bond donors (Lipinski definition) is 7. The van der Waals surface area contributed by atoms with Gasteiger partial charge in [0.05, 0.1) is 12.1 Å². The molecule has 10 N–H and O–H groups in total. The highest BCUT2D eigenvalue weighted by Gasteiger charge is 2.20. The Hall–Kier alpha value is -2.83. The van der Waals surface area contributed by atoms with Crippen LogP contribution in [0.5, 0.6) is 5.75 Å². The van der Waals surface area contributed by atoms with Gasteiger partial charge in [0.15, 0.2) is 0 Å². The molecule has 0 bridgehead atoms. The monoisotopic (exact) mass is 440 g/mol. The lowest BCUT2D eigenvalue weighted by Gasteiger charge is -2.17. The molecule has 3 atom stereocenters. The third-order valence-electron chi connectivity index (χ3n) is 4.10. The fraction of sp³-hybridized carbons (Fsp3) is 0.444. The van der Waals surface area contributed by atoms with Gasteiger partial charge in [-0.1, -0.05) is 12.1 Å². The average Bonchev–Trinajstić information content (AvgIpc) is 2.70. The lowest BCUT2D eigenvalue weighted by Crippen LogP contribution is -2.51. The molecule has 4 amide bonds. The minimum Gasteiger partial charge on any atom is -0.410 e. The topological polar surface area (TPSA) is 206 Å². The lowest BCUT2D eigenvalue weighted by molar-refractivity contribution is -0.127. The number of benzene rings is 1. The molecule has 1 aromatic carbocycles. The second-order valence-corrected chi connectivity index (χ2v) is 6.93. The van der Waals surface area contributed by atoms with Crippen molar-refractivity contribution in [1.29, 1.82) is 0 Å². The van der Waals surface area contributed by atoms with Crippen molar-refractivity contribution in [3.63, 3.8) is 0 Å². The van der Waals surface area contributed by atoms with Crippen molar-refractivity contribution in [2.45, 2.75) is 37.4 Å². The standard InChI is InChI=1S/C18H28N6O5S/c19-12(17(27)24-14(9-30)16(22)26)2-1-7-23-18(28)29-11-5-3-10(4-6-11)8-13(20)15(21)25/h3-6,12-14,30H,1-2,7-9,19-20H2,(H2,21,25)(H2,22,26)(H,23,28)(H,24,27)/t12-,13-,14-/m0/s1. The van der Waals surface area contributed by atoms with Crippen LogP contribution in [0.4, 0.5) is 4.79 Å². The number of hydrogen-bond acceptors (Lipinski definition) is 8. The summed E-state index contributed by atoms with van der Waals surface area (Å²) < 4.78 is 5.13. The molecule has 166 valence electrons.